The molecular weight excluding hydrogens is 428 g/mol. The molecule has 1 fully saturated rings. The van der Waals surface area contributed by atoms with Gasteiger partial charge in [0.05, 0.1) is 18.7 Å². The van der Waals surface area contributed by atoms with Crippen LogP contribution >= 0.6 is 12.4 Å². The van der Waals surface area contributed by atoms with Gasteiger partial charge in [-0.25, -0.2) is 0 Å². The largest absolute Gasteiger partial charge is 0.392 e. The molecule has 2 heterocycles. The van der Waals surface area contributed by atoms with Crippen LogP contribution in [-0.2, 0) is 17.8 Å². The van der Waals surface area contributed by atoms with E-state index in [-0.39, 0.29) is 30.9 Å². The summed E-state index contributed by atoms with van der Waals surface area (Å²) in [7, 11) is 0. The van der Waals surface area contributed by atoms with Crippen molar-refractivity contribution in [2.24, 2.45) is 0 Å². The van der Waals surface area contributed by atoms with Crippen molar-refractivity contribution in [3.05, 3.63) is 35.7 Å². The molecule has 2 atom stereocenters. The minimum Gasteiger partial charge on any atom is -0.392 e. The van der Waals surface area contributed by atoms with Crippen molar-refractivity contribution in [3.8, 4) is 11.4 Å². The number of aromatic nitrogens is 2. The van der Waals surface area contributed by atoms with Gasteiger partial charge in [-0.05, 0) is 24.8 Å². The monoisotopic (exact) mass is 464 g/mol. The zero-order chi connectivity index (χ0) is 21.9. The average molecular weight is 465 g/mol. The molecule has 0 unspecified atom stereocenters. The molecule has 1 amide bonds. The van der Waals surface area contributed by atoms with Crippen LogP contribution in [0.1, 0.15) is 76.2 Å². The predicted molar refractivity (Wildman–Crippen MR) is 128 cm³/mol. The van der Waals surface area contributed by atoms with Gasteiger partial charge in [0, 0.05) is 12.1 Å². The number of amides is 1. The number of aryl methyl sites for hydroxylation is 1. The van der Waals surface area contributed by atoms with Gasteiger partial charge < -0.3 is 20.3 Å². The summed E-state index contributed by atoms with van der Waals surface area (Å²) in [5.74, 6) is 0.726. The van der Waals surface area contributed by atoms with Crippen molar-refractivity contribution in [2.45, 2.75) is 89.8 Å². The van der Waals surface area contributed by atoms with Crippen LogP contribution in [0.25, 0.3) is 11.4 Å². The number of unbranched alkanes of at least 4 members (excludes halogenated alkanes) is 7. The van der Waals surface area contributed by atoms with E-state index in [4.69, 9.17) is 4.52 Å². The van der Waals surface area contributed by atoms with E-state index in [9.17, 15) is 9.90 Å². The lowest BCUT2D eigenvalue weighted by molar-refractivity contribution is -0.123. The highest BCUT2D eigenvalue weighted by Gasteiger charge is 2.28. The third-order valence-corrected chi connectivity index (χ3v) is 5.84. The van der Waals surface area contributed by atoms with Crippen LogP contribution in [0.4, 0.5) is 0 Å². The summed E-state index contributed by atoms with van der Waals surface area (Å²) in [4.78, 5) is 16.5. The summed E-state index contributed by atoms with van der Waals surface area (Å²) in [6, 6.07) is 7.94. The molecule has 1 aromatic carbocycles. The number of aliphatic hydroxyl groups is 1. The van der Waals surface area contributed by atoms with Crippen molar-refractivity contribution < 1.29 is 14.4 Å². The summed E-state index contributed by atoms with van der Waals surface area (Å²) in [6.45, 7) is 2.87. The van der Waals surface area contributed by atoms with Crippen LogP contribution in [-0.4, -0.2) is 39.8 Å². The fraction of sp³-hybridized carbons (Fsp3) is 0.625. The van der Waals surface area contributed by atoms with Gasteiger partial charge in [0.1, 0.15) is 0 Å². The lowest BCUT2D eigenvalue weighted by Gasteiger charge is -2.08. The number of carbonyl (C=O) groups is 1. The molecule has 0 aliphatic carbocycles. The molecule has 0 saturated carbocycles. The Hall–Kier alpha value is -1.96. The molecule has 0 bridgehead atoms. The number of nitrogens with zero attached hydrogens (tertiary/aromatic N) is 2. The van der Waals surface area contributed by atoms with Crippen molar-refractivity contribution in [2.75, 3.05) is 6.54 Å². The Bertz CT molecular complexity index is 797. The first-order valence-corrected chi connectivity index (χ1v) is 11.8. The van der Waals surface area contributed by atoms with E-state index in [0.29, 0.717) is 24.7 Å². The molecule has 8 heteroatoms. The summed E-state index contributed by atoms with van der Waals surface area (Å²) >= 11 is 0. The molecule has 7 nitrogen and oxygen atoms in total. The zero-order valence-corrected chi connectivity index (χ0v) is 19.8. The highest BCUT2D eigenvalue weighted by atomic mass is 35.5. The number of nitrogens with one attached hydrogen (secondary N) is 2. The molecule has 1 aliphatic heterocycles. The normalized spacial score (nSPS) is 17.8. The van der Waals surface area contributed by atoms with E-state index in [1.807, 2.05) is 12.1 Å². The fourth-order valence-corrected chi connectivity index (χ4v) is 3.93. The Labute approximate surface area is 197 Å². The van der Waals surface area contributed by atoms with Crippen LogP contribution in [0.2, 0.25) is 0 Å². The third-order valence-electron chi connectivity index (χ3n) is 5.84. The Morgan fingerprint density at radius 2 is 1.81 bits per heavy atom. The van der Waals surface area contributed by atoms with E-state index >= 15 is 0 Å². The van der Waals surface area contributed by atoms with Crippen LogP contribution in [0, 0.1) is 0 Å². The van der Waals surface area contributed by atoms with Crippen molar-refractivity contribution in [1.29, 1.82) is 0 Å². The minimum atomic E-state index is -0.468. The van der Waals surface area contributed by atoms with Gasteiger partial charge in [-0.1, -0.05) is 81.3 Å². The Morgan fingerprint density at radius 1 is 1.12 bits per heavy atom. The van der Waals surface area contributed by atoms with Gasteiger partial charge in [0.25, 0.3) is 0 Å². The number of benzene rings is 1. The van der Waals surface area contributed by atoms with Gasteiger partial charge in [0.2, 0.25) is 17.6 Å². The topological polar surface area (TPSA) is 100 Å². The smallest absolute Gasteiger partial charge is 0.246 e. The first-order chi connectivity index (χ1) is 15.2. The second-order valence-electron chi connectivity index (χ2n) is 8.50. The van der Waals surface area contributed by atoms with Gasteiger partial charge in [-0.2, -0.15) is 4.98 Å². The van der Waals surface area contributed by atoms with Gasteiger partial charge in [0.15, 0.2) is 0 Å². The van der Waals surface area contributed by atoms with Gasteiger partial charge in [-0.15, -0.1) is 12.4 Å². The Balaban J connectivity index is 0.00000363. The molecule has 1 saturated heterocycles. The van der Waals surface area contributed by atoms with E-state index in [1.165, 1.54) is 56.9 Å². The second kappa shape index (κ2) is 14.2. The zero-order valence-electron chi connectivity index (χ0n) is 19.0. The third kappa shape index (κ3) is 8.52. The van der Waals surface area contributed by atoms with Crippen LogP contribution in [0.3, 0.4) is 0 Å². The van der Waals surface area contributed by atoms with E-state index < -0.39 is 6.10 Å². The minimum absolute atomic E-state index is 0. The van der Waals surface area contributed by atoms with E-state index in [0.717, 1.165) is 12.0 Å². The molecule has 2 aromatic rings. The first-order valence-electron chi connectivity index (χ1n) is 11.8. The molecule has 1 aliphatic rings. The molecule has 178 valence electrons. The van der Waals surface area contributed by atoms with Crippen molar-refractivity contribution in [3.63, 3.8) is 0 Å². The molecule has 0 radical (unpaired) electrons. The molecular formula is C24H37ClN4O3. The van der Waals surface area contributed by atoms with Crippen LogP contribution in [0.5, 0.6) is 0 Å². The maximum Gasteiger partial charge on any atom is 0.246 e. The highest BCUT2D eigenvalue weighted by Crippen LogP contribution is 2.18. The maximum atomic E-state index is 12.1. The fourth-order valence-electron chi connectivity index (χ4n) is 3.93. The number of aliphatic hydroxyl groups excluding tert-OH is 1. The van der Waals surface area contributed by atoms with Gasteiger partial charge >= 0.3 is 0 Å². The number of carbonyl (C=O) groups excluding carboxylic acids is 1. The van der Waals surface area contributed by atoms with Crippen LogP contribution in [0.15, 0.2) is 28.8 Å². The lowest BCUT2D eigenvalue weighted by Crippen LogP contribution is -2.40. The lowest BCUT2D eigenvalue weighted by atomic mass is 10.0. The number of rotatable bonds is 13. The summed E-state index contributed by atoms with van der Waals surface area (Å²) in [6.07, 6.45) is 11.7. The summed E-state index contributed by atoms with van der Waals surface area (Å²) < 4.78 is 5.26. The van der Waals surface area contributed by atoms with E-state index in [2.05, 4.69) is 39.8 Å². The Kier molecular flexibility index (Phi) is 11.7. The maximum absolute atomic E-state index is 12.1. The molecule has 32 heavy (non-hydrogen) atoms. The second-order valence-corrected chi connectivity index (χ2v) is 8.50. The van der Waals surface area contributed by atoms with Crippen LogP contribution < -0.4 is 10.6 Å². The summed E-state index contributed by atoms with van der Waals surface area (Å²) in [5, 5.41) is 19.3. The molecule has 3 rings (SSSR count). The highest BCUT2D eigenvalue weighted by molar-refractivity contribution is 5.85. The average Bonchev–Trinajstić information content (AvgIpc) is 3.44. The van der Waals surface area contributed by atoms with Crippen molar-refractivity contribution in [1.82, 2.24) is 20.8 Å². The van der Waals surface area contributed by atoms with Gasteiger partial charge in [-0.3, -0.25) is 4.79 Å². The van der Waals surface area contributed by atoms with Crippen molar-refractivity contribution >= 4 is 18.3 Å². The number of halogens is 1. The molecule has 3 N–H and O–H groups in total. The summed E-state index contributed by atoms with van der Waals surface area (Å²) in [5.41, 5.74) is 2.23. The van der Waals surface area contributed by atoms with E-state index in [1.54, 1.807) is 0 Å². The number of β-amino-alcohol motifs (C(OH)–C–C–N with tert-alkyl or cyclic N) is 1. The SMILES string of the molecule is CCCCCCCCCCc1ccc(-c2noc(CNC(=O)[C@@H]3C[C@H](O)CN3)n2)cc1.Cl. The first kappa shape index (κ1) is 26.3. The quantitative estimate of drug-likeness (QED) is 0.384. The standard InChI is InChI=1S/C24H36N4O3.ClH/c1-2-3-4-5-6-7-8-9-10-18-11-13-19(14-12-18)23-27-22(31-28-23)17-26-24(30)21-15-20(29)16-25-21;/h11-14,20-21,25,29H,2-10,15-17H2,1H3,(H,26,30);1H/t20-,21-;/m0./s1. The number of hydrogen-bond donors (Lipinski definition) is 3. The predicted octanol–water partition coefficient (Wildman–Crippen LogP) is 4.18. The number of hydrogen-bond acceptors (Lipinski definition) is 6. The Morgan fingerprint density at radius 3 is 2.47 bits per heavy atom. The molecule has 0 spiro atoms. The molecule has 1 aromatic heterocycles.